The molecule has 8 nitrogen and oxygen atoms in total. The Bertz CT molecular complexity index is 1280. The van der Waals surface area contributed by atoms with E-state index in [0.717, 1.165) is 11.3 Å². The molecule has 172 valence electrons. The van der Waals surface area contributed by atoms with Gasteiger partial charge in [-0.3, -0.25) is 9.36 Å². The number of rotatable bonds is 9. The molecule has 0 aliphatic rings. The molecule has 0 radical (unpaired) electrons. The summed E-state index contributed by atoms with van der Waals surface area (Å²) in [5.74, 6) is 0.800. The minimum absolute atomic E-state index is 0.0267. The van der Waals surface area contributed by atoms with Gasteiger partial charge in [0.2, 0.25) is 0 Å². The molecule has 0 fully saturated rings. The van der Waals surface area contributed by atoms with Gasteiger partial charge in [0.05, 0.1) is 18.6 Å². The topological polar surface area (TPSA) is 102 Å². The van der Waals surface area contributed by atoms with Crippen LogP contribution in [0.15, 0.2) is 89.1 Å². The molecule has 1 heterocycles. The highest BCUT2D eigenvalue weighted by Gasteiger charge is 2.17. The van der Waals surface area contributed by atoms with Gasteiger partial charge in [-0.05, 0) is 31.2 Å². The highest BCUT2D eigenvalue weighted by Crippen LogP contribution is 2.29. The highest BCUT2D eigenvalue weighted by atomic mass is 32.2. The van der Waals surface area contributed by atoms with Gasteiger partial charge >= 0.3 is 0 Å². The Morgan fingerprint density at radius 1 is 1.06 bits per heavy atom. The molecule has 0 aliphatic carbocycles. The lowest BCUT2D eigenvalue weighted by molar-refractivity contribution is -0.118. The number of carbonyl (C=O) groups is 1. The number of hydrazone groups is 1. The minimum Gasteiger partial charge on any atom is -0.504 e. The molecule has 0 bridgehead atoms. The van der Waals surface area contributed by atoms with Gasteiger partial charge in [-0.15, -0.1) is 10.2 Å². The first-order valence-corrected chi connectivity index (χ1v) is 11.6. The van der Waals surface area contributed by atoms with E-state index >= 15 is 0 Å². The summed E-state index contributed by atoms with van der Waals surface area (Å²) < 4.78 is 7.28. The van der Waals surface area contributed by atoms with Crippen molar-refractivity contribution in [2.45, 2.75) is 12.1 Å². The Hall–Kier alpha value is -4.11. The summed E-state index contributed by atoms with van der Waals surface area (Å²) in [5.41, 5.74) is 4.74. The third-order valence-corrected chi connectivity index (χ3v) is 5.66. The lowest BCUT2D eigenvalue weighted by atomic mass is 10.2. The number of amides is 1. The zero-order valence-corrected chi connectivity index (χ0v) is 19.3. The van der Waals surface area contributed by atoms with Crippen molar-refractivity contribution >= 4 is 23.9 Å². The van der Waals surface area contributed by atoms with Crippen molar-refractivity contribution in [3.05, 3.63) is 84.4 Å². The van der Waals surface area contributed by atoms with Crippen LogP contribution in [0.5, 0.6) is 11.5 Å². The van der Waals surface area contributed by atoms with Crippen LogP contribution < -0.4 is 10.2 Å². The van der Waals surface area contributed by atoms with Crippen molar-refractivity contribution in [1.29, 1.82) is 0 Å². The lowest BCUT2D eigenvalue weighted by Crippen LogP contribution is -2.20. The van der Waals surface area contributed by atoms with E-state index < -0.39 is 0 Å². The normalized spacial score (nSPS) is 11.0. The molecule has 34 heavy (non-hydrogen) atoms. The number of thioether (sulfide) groups is 1. The van der Waals surface area contributed by atoms with Gasteiger partial charge in [0, 0.05) is 16.8 Å². The molecule has 9 heteroatoms. The second kappa shape index (κ2) is 11.2. The predicted molar refractivity (Wildman–Crippen MR) is 133 cm³/mol. The summed E-state index contributed by atoms with van der Waals surface area (Å²) in [4.78, 5) is 12.4. The maximum absolute atomic E-state index is 12.4. The minimum atomic E-state index is -0.314. The van der Waals surface area contributed by atoms with E-state index in [4.69, 9.17) is 4.74 Å². The number of benzene rings is 3. The molecule has 1 aromatic heterocycles. The fourth-order valence-corrected chi connectivity index (χ4v) is 3.94. The number of carbonyl (C=O) groups excluding carboxylic acids is 1. The van der Waals surface area contributed by atoms with Gasteiger partial charge in [-0.1, -0.05) is 66.4 Å². The van der Waals surface area contributed by atoms with Gasteiger partial charge in [0.25, 0.3) is 5.91 Å². The van der Waals surface area contributed by atoms with E-state index in [0.29, 0.717) is 28.9 Å². The predicted octanol–water partition coefficient (Wildman–Crippen LogP) is 4.28. The number of hydrogen-bond acceptors (Lipinski definition) is 7. The van der Waals surface area contributed by atoms with E-state index in [1.54, 1.807) is 18.2 Å². The fourth-order valence-electron chi connectivity index (χ4n) is 3.20. The molecule has 2 N–H and O–H groups in total. The summed E-state index contributed by atoms with van der Waals surface area (Å²) in [7, 11) is 0. The Kier molecular flexibility index (Phi) is 7.56. The van der Waals surface area contributed by atoms with Crippen molar-refractivity contribution in [3.8, 4) is 28.6 Å². The van der Waals surface area contributed by atoms with E-state index in [9.17, 15) is 9.90 Å². The Labute approximate surface area is 201 Å². The van der Waals surface area contributed by atoms with Gasteiger partial charge < -0.3 is 9.84 Å². The average molecular weight is 474 g/mol. The van der Waals surface area contributed by atoms with E-state index in [2.05, 4.69) is 20.7 Å². The molecule has 0 aliphatic heterocycles. The number of ether oxygens (including phenoxy) is 1. The van der Waals surface area contributed by atoms with Crippen LogP contribution in [-0.2, 0) is 4.79 Å². The molecule has 4 aromatic rings. The Balaban J connectivity index is 1.46. The molecule has 4 rings (SSSR count). The highest BCUT2D eigenvalue weighted by molar-refractivity contribution is 7.99. The number of aromatic hydroxyl groups is 1. The first kappa shape index (κ1) is 23.1. The van der Waals surface area contributed by atoms with Crippen LogP contribution in [0.25, 0.3) is 17.1 Å². The van der Waals surface area contributed by atoms with Crippen LogP contribution in [0.2, 0.25) is 0 Å². The van der Waals surface area contributed by atoms with Crippen LogP contribution in [0.4, 0.5) is 0 Å². The van der Waals surface area contributed by atoms with Crippen molar-refractivity contribution in [3.63, 3.8) is 0 Å². The summed E-state index contributed by atoms with van der Waals surface area (Å²) in [6, 6.07) is 24.6. The molecule has 0 spiro atoms. The third-order valence-electron chi connectivity index (χ3n) is 4.74. The molecule has 0 unspecified atom stereocenters. The van der Waals surface area contributed by atoms with E-state index in [1.807, 2.05) is 72.2 Å². The molecule has 0 atom stereocenters. The summed E-state index contributed by atoms with van der Waals surface area (Å²) in [5, 5.41) is 23.4. The third kappa shape index (κ3) is 5.44. The zero-order valence-electron chi connectivity index (χ0n) is 18.5. The van der Waals surface area contributed by atoms with Gasteiger partial charge in [0.15, 0.2) is 22.5 Å². The van der Waals surface area contributed by atoms with Crippen LogP contribution in [0.1, 0.15) is 12.5 Å². The molecule has 3 aromatic carbocycles. The molecule has 0 saturated heterocycles. The van der Waals surface area contributed by atoms with Crippen LogP contribution >= 0.6 is 11.8 Å². The second-order valence-corrected chi connectivity index (χ2v) is 7.99. The molecular formula is C25H23N5O3S. The number of nitrogens with one attached hydrogen (secondary N) is 1. The van der Waals surface area contributed by atoms with Crippen molar-refractivity contribution in [2.75, 3.05) is 12.4 Å². The number of phenols is 1. The summed E-state index contributed by atoms with van der Waals surface area (Å²) in [6.07, 6.45) is 1.38. The van der Waals surface area contributed by atoms with Crippen LogP contribution in [-0.4, -0.2) is 44.4 Å². The largest absolute Gasteiger partial charge is 0.504 e. The number of phenolic OH excluding ortho intramolecular Hbond substituents is 1. The Morgan fingerprint density at radius 3 is 2.53 bits per heavy atom. The van der Waals surface area contributed by atoms with Crippen molar-refractivity contribution in [1.82, 2.24) is 20.2 Å². The second-order valence-electron chi connectivity index (χ2n) is 7.05. The van der Waals surface area contributed by atoms with Crippen molar-refractivity contribution in [2.24, 2.45) is 5.10 Å². The van der Waals surface area contributed by atoms with Crippen LogP contribution in [0, 0.1) is 0 Å². The number of nitrogens with zero attached hydrogens (tertiary/aromatic N) is 4. The quantitative estimate of drug-likeness (QED) is 0.214. The SMILES string of the molecule is CCOc1cccc(/C=N\NC(=O)CSc2nnc(-c3ccccc3)n2-c2ccccc2)c1O. The maximum Gasteiger partial charge on any atom is 0.250 e. The van der Waals surface area contributed by atoms with Gasteiger partial charge in [0.1, 0.15) is 0 Å². The van der Waals surface area contributed by atoms with Crippen molar-refractivity contribution < 1.29 is 14.6 Å². The standard InChI is InChI=1S/C25H23N5O3S/c1-2-33-21-15-9-12-19(23(21)32)16-26-27-22(31)17-34-25-29-28-24(18-10-5-3-6-11-18)30(25)20-13-7-4-8-14-20/h3-16,32H,2,17H2,1H3,(H,27,31)/b26-16-. The molecule has 0 saturated carbocycles. The summed E-state index contributed by atoms with van der Waals surface area (Å²) >= 11 is 1.26. The average Bonchev–Trinajstić information content (AvgIpc) is 3.30. The van der Waals surface area contributed by atoms with Gasteiger partial charge in [-0.2, -0.15) is 5.10 Å². The Morgan fingerprint density at radius 2 is 1.79 bits per heavy atom. The zero-order chi connectivity index (χ0) is 23.8. The van der Waals surface area contributed by atoms with E-state index in [-0.39, 0.29) is 17.4 Å². The number of aromatic nitrogens is 3. The smallest absolute Gasteiger partial charge is 0.250 e. The summed E-state index contributed by atoms with van der Waals surface area (Å²) in [6.45, 7) is 2.27. The van der Waals surface area contributed by atoms with Crippen LogP contribution in [0.3, 0.4) is 0 Å². The first-order chi connectivity index (χ1) is 16.7. The van der Waals surface area contributed by atoms with E-state index in [1.165, 1.54) is 18.0 Å². The van der Waals surface area contributed by atoms with Gasteiger partial charge in [-0.25, -0.2) is 5.43 Å². The first-order valence-electron chi connectivity index (χ1n) is 10.6. The lowest BCUT2D eigenvalue weighted by Gasteiger charge is -2.10. The molecule has 1 amide bonds. The number of para-hydroxylation sites is 2. The fraction of sp³-hybridized carbons (Fsp3) is 0.120. The number of hydrogen-bond donors (Lipinski definition) is 2. The monoisotopic (exact) mass is 473 g/mol. The molecular weight excluding hydrogens is 450 g/mol. The maximum atomic E-state index is 12.4.